The second-order valence-corrected chi connectivity index (χ2v) is 4.03. The average Bonchev–Trinajstić information content (AvgIpc) is 2.75. The Labute approximate surface area is 96.8 Å². The predicted octanol–water partition coefficient (Wildman–Crippen LogP) is -1.50. The lowest BCUT2D eigenvalue weighted by Crippen LogP contribution is -2.36. The van der Waals surface area contributed by atoms with Crippen molar-refractivity contribution in [3.63, 3.8) is 0 Å². The molecule has 0 radical (unpaired) electrons. The molecule has 1 aliphatic heterocycles. The highest BCUT2D eigenvalue weighted by molar-refractivity contribution is 5.92. The van der Waals surface area contributed by atoms with Gasteiger partial charge in [-0.25, -0.2) is 4.79 Å². The van der Waals surface area contributed by atoms with E-state index in [1.807, 2.05) is 12.0 Å². The summed E-state index contributed by atoms with van der Waals surface area (Å²) < 4.78 is 0. The van der Waals surface area contributed by atoms with Gasteiger partial charge in [0.15, 0.2) is 0 Å². The van der Waals surface area contributed by atoms with Crippen molar-refractivity contribution in [2.45, 2.75) is 12.5 Å². The number of aromatic amines is 2. The van der Waals surface area contributed by atoms with Gasteiger partial charge in [0, 0.05) is 25.2 Å². The van der Waals surface area contributed by atoms with Crippen molar-refractivity contribution in [2.24, 2.45) is 0 Å². The maximum Gasteiger partial charge on any atom is 0.326 e. The van der Waals surface area contributed by atoms with Crippen LogP contribution in [-0.2, 0) is 0 Å². The molecule has 17 heavy (non-hydrogen) atoms. The van der Waals surface area contributed by atoms with E-state index in [4.69, 9.17) is 0 Å². The number of hydrogen-bond donors (Lipinski definition) is 3. The van der Waals surface area contributed by atoms with E-state index in [0.29, 0.717) is 13.1 Å². The van der Waals surface area contributed by atoms with E-state index >= 15 is 0 Å². The third-order valence-corrected chi connectivity index (χ3v) is 2.87. The van der Waals surface area contributed by atoms with Gasteiger partial charge >= 0.3 is 5.69 Å². The first-order valence-corrected chi connectivity index (χ1v) is 5.40. The van der Waals surface area contributed by atoms with Crippen LogP contribution in [-0.4, -0.2) is 47.0 Å². The Morgan fingerprint density at radius 3 is 2.82 bits per heavy atom. The van der Waals surface area contributed by atoms with Gasteiger partial charge in [-0.1, -0.05) is 0 Å². The molecule has 0 bridgehead atoms. The lowest BCUT2D eigenvalue weighted by atomic mass is 10.3. The van der Waals surface area contributed by atoms with E-state index in [2.05, 4.69) is 10.3 Å². The highest BCUT2D eigenvalue weighted by Gasteiger charge is 2.26. The summed E-state index contributed by atoms with van der Waals surface area (Å²) in [6.45, 7) is 1.21. The number of nitrogens with zero attached hydrogens (tertiary/aromatic N) is 1. The summed E-state index contributed by atoms with van der Waals surface area (Å²) in [6.07, 6.45) is 0.871. The lowest BCUT2D eigenvalue weighted by molar-refractivity contribution is 0.0783. The summed E-state index contributed by atoms with van der Waals surface area (Å²) >= 11 is 0. The Balaban J connectivity index is 2.20. The van der Waals surface area contributed by atoms with Crippen molar-refractivity contribution in [1.82, 2.24) is 20.2 Å². The molecule has 1 saturated heterocycles. The van der Waals surface area contributed by atoms with E-state index in [0.717, 1.165) is 12.5 Å². The molecular formula is C10H14N4O3. The van der Waals surface area contributed by atoms with Crippen molar-refractivity contribution in [1.29, 1.82) is 0 Å². The first-order chi connectivity index (χ1) is 8.10. The highest BCUT2D eigenvalue weighted by Crippen LogP contribution is 2.10. The molecule has 92 valence electrons. The summed E-state index contributed by atoms with van der Waals surface area (Å²) in [5, 5.41) is 3.09. The highest BCUT2D eigenvalue weighted by atomic mass is 16.2. The molecule has 1 amide bonds. The minimum absolute atomic E-state index is 0.0375. The fourth-order valence-electron chi connectivity index (χ4n) is 1.93. The van der Waals surface area contributed by atoms with Gasteiger partial charge in [-0.15, -0.1) is 0 Å². The van der Waals surface area contributed by atoms with Crippen LogP contribution in [0.1, 0.15) is 16.9 Å². The fourth-order valence-corrected chi connectivity index (χ4v) is 1.93. The quantitative estimate of drug-likeness (QED) is 0.584. The van der Waals surface area contributed by atoms with Crippen LogP contribution in [0.3, 0.4) is 0 Å². The van der Waals surface area contributed by atoms with Gasteiger partial charge in [0.05, 0.1) is 0 Å². The van der Waals surface area contributed by atoms with Crippen LogP contribution in [0.15, 0.2) is 15.7 Å². The molecule has 0 aliphatic carbocycles. The zero-order valence-electron chi connectivity index (χ0n) is 9.45. The number of carbonyl (C=O) groups excluding carboxylic acids is 1. The molecule has 1 atom stereocenters. The number of carbonyl (C=O) groups is 1. The maximum absolute atomic E-state index is 12.0. The van der Waals surface area contributed by atoms with Crippen molar-refractivity contribution in [3.8, 4) is 0 Å². The van der Waals surface area contributed by atoms with Gasteiger partial charge in [0.1, 0.15) is 5.69 Å². The van der Waals surface area contributed by atoms with E-state index < -0.39 is 11.2 Å². The molecular weight excluding hydrogens is 224 g/mol. The molecule has 0 aromatic carbocycles. The van der Waals surface area contributed by atoms with E-state index in [9.17, 15) is 14.4 Å². The van der Waals surface area contributed by atoms with Gasteiger partial charge < -0.3 is 15.2 Å². The number of H-pyrrole nitrogens is 2. The minimum Gasteiger partial charge on any atom is -0.336 e. The van der Waals surface area contributed by atoms with Gasteiger partial charge in [-0.05, 0) is 13.5 Å². The zero-order chi connectivity index (χ0) is 12.4. The number of aromatic nitrogens is 2. The Morgan fingerprint density at radius 1 is 1.47 bits per heavy atom. The largest absolute Gasteiger partial charge is 0.336 e. The van der Waals surface area contributed by atoms with Crippen molar-refractivity contribution < 1.29 is 4.79 Å². The molecule has 2 rings (SSSR count). The molecule has 0 spiro atoms. The predicted molar refractivity (Wildman–Crippen MR) is 61.1 cm³/mol. The van der Waals surface area contributed by atoms with Crippen LogP contribution in [0.2, 0.25) is 0 Å². The van der Waals surface area contributed by atoms with E-state index in [1.54, 1.807) is 4.90 Å². The monoisotopic (exact) mass is 238 g/mol. The summed E-state index contributed by atoms with van der Waals surface area (Å²) in [5.74, 6) is -0.314. The Morgan fingerprint density at radius 2 is 2.24 bits per heavy atom. The first kappa shape index (κ1) is 11.6. The standard InChI is InChI=1S/C10H14N4O3/c1-11-6-2-3-14(5-6)9(16)7-4-8(15)13-10(17)12-7/h4,6,11H,2-3,5H2,1H3,(H2,12,13,15,17). The summed E-state index contributed by atoms with van der Waals surface area (Å²) in [6, 6.07) is 1.38. The Kier molecular flexibility index (Phi) is 3.10. The van der Waals surface area contributed by atoms with Crippen molar-refractivity contribution in [2.75, 3.05) is 20.1 Å². The second kappa shape index (κ2) is 4.54. The van der Waals surface area contributed by atoms with Gasteiger partial charge in [-0.3, -0.25) is 14.6 Å². The van der Waals surface area contributed by atoms with Crippen LogP contribution < -0.4 is 16.6 Å². The molecule has 0 saturated carbocycles. The van der Waals surface area contributed by atoms with E-state index in [1.165, 1.54) is 0 Å². The van der Waals surface area contributed by atoms with Crippen molar-refractivity contribution in [3.05, 3.63) is 32.6 Å². The molecule has 1 fully saturated rings. The number of hydrogen-bond acceptors (Lipinski definition) is 4. The van der Waals surface area contributed by atoms with Gasteiger partial charge in [-0.2, -0.15) is 0 Å². The normalized spacial score (nSPS) is 19.6. The van der Waals surface area contributed by atoms with Crippen LogP contribution in [0.4, 0.5) is 0 Å². The topological polar surface area (TPSA) is 98.1 Å². The third kappa shape index (κ3) is 2.44. The molecule has 3 N–H and O–H groups in total. The smallest absolute Gasteiger partial charge is 0.326 e. The molecule has 7 nitrogen and oxygen atoms in total. The van der Waals surface area contributed by atoms with Crippen LogP contribution >= 0.6 is 0 Å². The molecule has 7 heteroatoms. The summed E-state index contributed by atoms with van der Waals surface area (Å²) in [7, 11) is 1.84. The zero-order valence-corrected chi connectivity index (χ0v) is 9.45. The number of nitrogens with one attached hydrogen (secondary N) is 3. The average molecular weight is 238 g/mol. The SMILES string of the molecule is CNC1CCN(C(=O)c2cc(=O)[nH]c(=O)[nH]2)C1. The Hall–Kier alpha value is -1.89. The second-order valence-electron chi connectivity index (χ2n) is 4.03. The lowest BCUT2D eigenvalue weighted by Gasteiger charge is -2.15. The molecule has 1 aromatic heterocycles. The molecule has 1 unspecified atom stereocenters. The van der Waals surface area contributed by atoms with Gasteiger partial charge in [0.2, 0.25) is 0 Å². The molecule has 2 heterocycles. The summed E-state index contributed by atoms with van der Waals surface area (Å²) in [5.41, 5.74) is -1.19. The van der Waals surface area contributed by atoms with Crippen LogP contribution in [0, 0.1) is 0 Å². The van der Waals surface area contributed by atoms with Crippen molar-refractivity contribution >= 4 is 5.91 Å². The molecule has 1 aromatic rings. The van der Waals surface area contributed by atoms with Crippen LogP contribution in [0.25, 0.3) is 0 Å². The van der Waals surface area contributed by atoms with Crippen LogP contribution in [0.5, 0.6) is 0 Å². The number of rotatable bonds is 2. The number of likely N-dealkylation sites (tertiary alicyclic amines) is 1. The number of amides is 1. The fraction of sp³-hybridized carbons (Fsp3) is 0.500. The number of likely N-dealkylation sites (N-methyl/N-ethyl adjacent to an activating group) is 1. The van der Waals surface area contributed by atoms with E-state index in [-0.39, 0.29) is 17.6 Å². The Bertz CT molecular complexity index is 505. The minimum atomic E-state index is -0.662. The maximum atomic E-state index is 12.0. The van der Waals surface area contributed by atoms with Gasteiger partial charge in [0.25, 0.3) is 11.5 Å². The first-order valence-electron chi connectivity index (χ1n) is 5.40. The third-order valence-electron chi connectivity index (χ3n) is 2.87. The summed E-state index contributed by atoms with van der Waals surface area (Å²) in [4.78, 5) is 40.1. The molecule has 1 aliphatic rings.